The Morgan fingerprint density at radius 1 is 0.963 bits per heavy atom. The molecule has 0 unspecified atom stereocenters. The van der Waals surface area contributed by atoms with Crippen LogP contribution in [0, 0.1) is 0 Å². The first-order chi connectivity index (χ1) is 13.1. The fourth-order valence-electron chi connectivity index (χ4n) is 2.08. The van der Waals surface area contributed by atoms with Crippen molar-refractivity contribution in [2.24, 2.45) is 0 Å². The maximum atomic E-state index is 11.8. The molecule has 0 heterocycles. The van der Waals surface area contributed by atoms with Gasteiger partial charge in [0.1, 0.15) is 0 Å². The molecule has 0 aliphatic rings. The molecule has 0 saturated carbocycles. The highest BCUT2D eigenvalue weighted by Crippen LogP contribution is 2.11. The first-order valence-corrected chi connectivity index (χ1v) is 8.55. The zero-order chi connectivity index (χ0) is 19.5. The van der Waals surface area contributed by atoms with E-state index in [1.807, 2.05) is 37.3 Å². The van der Waals surface area contributed by atoms with E-state index in [-0.39, 0.29) is 0 Å². The van der Waals surface area contributed by atoms with Gasteiger partial charge in [-0.15, -0.1) is 0 Å². The summed E-state index contributed by atoms with van der Waals surface area (Å²) in [7, 11) is 0. The predicted octanol–water partition coefficient (Wildman–Crippen LogP) is 3.45. The van der Waals surface area contributed by atoms with Gasteiger partial charge in [-0.3, -0.25) is 4.79 Å². The highest BCUT2D eigenvalue weighted by molar-refractivity contribution is 5.95. The minimum absolute atomic E-state index is 0.363. The zero-order valence-electron chi connectivity index (χ0n) is 15.0. The van der Waals surface area contributed by atoms with Crippen molar-refractivity contribution in [3.05, 3.63) is 71.8 Å². The molecule has 2 aromatic carbocycles. The largest absolute Gasteiger partial charge is 0.462 e. The van der Waals surface area contributed by atoms with Crippen LogP contribution in [0.1, 0.15) is 29.3 Å². The molecule has 2 rings (SSSR count). The van der Waals surface area contributed by atoms with Gasteiger partial charge in [-0.1, -0.05) is 37.3 Å². The lowest BCUT2D eigenvalue weighted by Crippen LogP contribution is -2.20. The summed E-state index contributed by atoms with van der Waals surface area (Å²) in [6.07, 6.45) is 3.62. The molecule has 0 atom stereocenters. The lowest BCUT2D eigenvalue weighted by Gasteiger charge is -2.07. The Hall–Kier alpha value is -3.41. The van der Waals surface area contributed by atoms with Gasteiger partial charge in [0.15, 0.2) is 6.61 Å². The van der Waals surface area contributed by atoms with Crippen molar-refractivity contribution in [3.8, 4) is 0 Å². The van der Waals surface area contributed by atoms with Crippen molar-refractivity contribution in [2.45, 2.75) is 13.3 Å². The number of amides is 1. The first kappa shape index (κ1) is 19.9. The topological polar surface area (TPSA) is 81.7 Å². The molecule has 0 aromatic heterocycles. The van der Waals surface area contributed by atoms with Crippen molar-refractivity contribution < 1.29 is 23.9 Å². The summed E-state index contributed by atoms with van der Waals surface area (Å²) in [6.45, 7) is 1.87. The van der Waals surface area contributed by atoms with Gasteiger partial charge in [-0.25, -0.2) is 9.59 Å². The van der Waals surface area contributed by atoms with Crippen LogP contribution in [0.5, 0.6) is 0 Å². The molecule has 27 heavy (non-hydrogen) atoms. The van der Waals surface area contributed by atoms with Crippen molar-refractivity contribution in [2.75, 3.05) is 18.5 Å². The number of hydrogen-bond acceptors (Lipinski definition) is 5. The predicted molar refractivity (Wildman–Crippen MR) is 102 cm³/mol. The standard InChI is InChI=1S/C21H21NO5/c1-2-14-26-21(25)17-9-11-18(12-10-17)22-19(23)15-27-20(24)13-8-16-6-4-3-5-7-16/h3-13H,2,14-15H2,1H3,(H,22,23)/b13-8+. The summed E-state index contributed by atoms with van der Waals surface area (Å²) in [5, 5.41) is 2.59. The molecule has 0 aliphatic heterocycles. The Labute approximate surface area is 157 Å². The molecule has 140 valence electrons. The van der Waals surface area contributed by atoms with E-state index < -0.39 is 24.5 Å². The van der Waals surface area contributed by atoms with E-state index >= 15 is 0 Å². The van der Waals surface area contributed by atoms with Crippen LogP contribution in [0.4, 0.5) is 5.69 Å². The van der Waals surface area contributed by atoms with Gasteiger partial charge in [-0.05, 0) is 42.3 Å². The third-order valence-electron chi connectivity index (χ3n) is 3.40. The molecule has 0 radical (unpaired) electrons. The second kappa shape index (κ2) is 10.6. The molecule has 1 N–H and O–H groups in total. The monoisotopic (exact) mass is 367 g/mol. The average molecular weight is 367 g/mol. The summed E-state index contributed by atoms with van der Waals surface area (Å²) >= 11 is 0. The molecule has 6 heteroatoms. The van der Waals surface area contributed by atoms with E-state index in [4.69, 9.17) is 9.47 Å². The zero-order valence-corrected chi connectivity index (χ0v) is 15.0. The molecular formula is C21H21NO5. The summed E-state index contributed by atoms with van der Waals surface area (Å²) in [4.78, 5) is 35.2. The van der Waals surface area contributed by atoms with Crippen molar-refractivity contribution in [1.29, 1.82) is 0 Å². The van der Waals surface area contributed by atoms with Crippen LogP contribution >= 0.6 is 0 Å². The number of nitrogens with one attached hydrogen (secondary N) is 1. The second-order valence-electron chi connectivity index (χ2n) is 5.61. The summed E-state index contributed by atoms with van der Waals surface area (Å²) < 4.78 is 9.92. The van der Waals surface area contributed by atoms with Crippen molar-refractivity contribution in [3.63, 3.8) is 0 Å². The Kier molecular flexibility index (Phi) is 7.78. The van der Waals surface area contributed by atoms with Crippen LogP contribution in [0.2, 0.25) is 0 Å². The minimum atomic E-state index is -0.608. The number of carbonyl (C=O) groups excluding carboxylic acids is 3. The average Bonchev–Trinajstić information content (AvgIpc) is 2.70. The minimum Gasteiger partial charge on any atom is -0.462 e. The molecule has 0 fully saturated rings. The SMILES string of the molecule is CCCOC(=O)c1ccc(NC(=O)COC(=O)/C=C/c2ccccc2)cc1. The Morgan fingerprint density at radius 3 is 2.33 bits per heavy atom. The molecule has 1 amide bonds. The van der Waals surface area contributed by atoms with Gasteiger partial charge in [0.2, 0.25) is 0 Å². The quantitative estimate of drug-likeness (QED) is 0.571. The third kappa shape index (κ3) is 7.15. The lowest BCUT2D eigenvalue weighted by atomic mass is 10.2. The number of carbonyl (C=O) groups is 3. The van der Waals surface area contributed by atoms with E-state index in [1.54, 1.807) is 30.3 Å². The van der Waals surface area contributed by atoms with E-state index in [9.17, 15) is 14.4 Å². The Morgan fingerprint density at radius 2 is 1.67 bits per heavy atom. The molecule has 0 bridgehead atoms. The van der Waals surface area contributed by atoms with Crippen LogP contribution in [-0.2, 0) is 19.1 Å². The molecule has 0 aliphatic carbocycles. The lowest BCUT2D eigenvalue weighted by molar-refractivity contribution is -0.142. The van der Waals surface area contributed by atoms with Crippen LogP contribution in [0.25, 0.3) is 6.08 Å². The Balaban J connectivity index is 1.77. The maximum Gasteiger partial charge on any atom is 0.338 e. The smallest absolute Gasteiger partial charge is 0.338 e. The fourth-order valence-corrected chi connectivity index (χ4v) is 2.08. The second-order valence-corrected chi connectivity index (χ2v) is 5.61. The molecule has 6 nitrogen and oxygen atoms in total. The van der Waals surface area contributed by atoms with Crippen LogP contribution < -0.4 is 5.32 Å². The number of esters is 2. The molecule has 2 aromatic rings. The van der Waals surface area contributed by atoms with Gasteiger partial charge in [0, 0.05) is 11.8 Å². The normalized spacial score (nSPS) is 10.4. The number of anilines is 1. The first-order valence-electron chi connectivity index (χ1n) is 8.55. The summed E-state index contributed by atoms with van der Waals surface area (Å²) in [5.74, 6) is -1.49. The van der Waals surface area contributed by atoms with E-state index in [2.05, 4.69) is 5.32 Å². The van der Waals surface area contributed by atoms with Gasteiger partial charge < -0.3 is 14.8 Å². The highest BCUT2D eigenvalue weighted by Gasteiger charge is 2.08. The molecule has 0 saturated heterocycles. The summed E-state index contributed by atoms with van der Waals surface area (Å²) in [6, 6.07) is 15.6. The van der Waals surface area contributed by atoms with Crippen LogP contribution in [-0.4, -0.2) is 31.1 Å². The number of rotatable bonds is 8. The maximum absolute atomic E-state index is 11.8. The number of hydrogen-bond donors (Lipinski definition) is 1. The van der Waals surface area contributed by atoms with Crippen LogP contribution in [0.15, 0.2) is 60.7 Å². The fraction of sp³-hybridized carbons (Fsp3) is 0.190. The Bertz CT molecular complexity index is 797. The van der Waals surface area contributed by atoms with Crippen molar-refractivity contribution in [1.82, 2.24) is 0 Å². The number of ether oxygens (including phenoxy) is 2. The van der Waals surface area contributed by atoms with E-state index in [0.29, 0.717) is 17.9 Å². The van der Waals surface area contributed by atoms with Crippen LogP contribution in [0.3, 0.4) is 0 Å². The van der Waals surface area contributed by atoms with Gasteiger partial charge in [0.25, 0.3) is 5.91 Å². The number of benzene rings is 2. The van der Waals surface area contributed by atoms with Gasteiger partial charge in [-0.2, -0.15) is 0 Å². The highest BCUT2D eigenvalue weighted by atomic mass is 16.5. The van der Waals surface area contributed by atoms with Gasteiger partial charge >= 0.3 is 11.9 Å². The van der Waals surface area contributed by atoms with Crippen molar-refractivity contribution >= 4 is 29.6 Å². The van der Waals surface area contributed by atoms with E-state index in [0.717, 1.165) is 12.0 Å². The van der Waals surface area contributed by atoms with Gasteiger partial charge in [0.05, 0.1) is 12.2 Å². The third-order valence-corrected chi connectivity index (χ3v) is 3.40. The van der Waals surface area contributed by atoms with E-state index in [1.165, 1.54) is 6.08 Å². The molecular weight excluding hydrogens is 346 g/mol. The summed E-state index contributed by atoms with van der Waals surface area (Å²) in [5.41, 5.74) is 1.75. The molecule has 0 spiro atoms.